The summed E-state index contributed by atoms with van der Waals surface area (Å²) in [6, 6.07) is 10.0. The molecule has 0 amide bonds. The van der Waals surface area contributed by atoms with Crippen LogP contribution in [0.2, 0.25) is 0 Å². The van der Waals surface area contributed by atoms with Gasteiger partial charge in [0.05, 0.1) is 11.6 Å². The molecular weight excluding hydrogens is 210 g/mol. The van der Waals surface area contributed by atoms with E-state index in [1.54, 1.807) is 0 Å². The predicted octanol–water partition coefficient (Wildman–Crippen LogP) is 1.52. The molecule has 90 valence electrons. The topological polar surface area (TPSA) is 53.1 Å². The van der Waals surface area contributed by atoms with Crippen LogP contribution in [0.5, 0.6) is 0 Å². The lowest BCUT2D eigenvalue weighted by atomic mass is 10.0. The molecule has 0 radical (unpaired) electrons. The third kappa shape index (κ3) is 3.55. The van der Waals surface area contributed by atoms with Crippen molar-refractivity contribution in [3.05, 3.63) is 35.4 Å². The van der Waals surface area contributed by atoms with E-state index in [0.29, 0.717) is 5.56 Å². The van der Waals surface area contributed by atoms with Gasteiger partial charge in [0.25, 0.3) is 0 Å². The highest BCUT2D eigenvalue weighted by Crippen LogP contribution is 2.10. The Balaban J connectivity index is 1.84. The molecule has 1 atom stereocenters. The molecule has 0 spiro atoms. The maximum absolute atomic E-state index is 8.72. The molecule has 0 saturated carbocycles. The predicted molar refractivity (Wildman–Crippen MR) is 68.5 cm³/mol. The van der Waals surface area contributed by atoms with Crippen LogP contribution in [0.1, 0.15) is 24.0 Å². The Hall–Kier alpha value is -1.37. The third-order valence-electron chi connectivity index (χ3n) is 3.27. The number of hydrogen-bond acceptors (Lipinski definition) is 3. The lowest BCUT2D eigenvalue weighted by molar-refractivity contribution is 0.313. The molecule has 1 unspecified atom stereocenters. The summed E-state index contributed by atoms with van der Waals surface area (Å²) in [6.45, 7) is 3.38. The largest absolute Gasteiger partial charge is 0.326 e. The highest BCUT2D eigenvalue weighted by molar-refractivity contribution is 5.31. The number of nitrogens with two attached hydrogens (primary N) is 1. The van der Waals surface area contributed by atoms with Crippen LogP contribution in [0.25, 0.3) is 0 Å². The van der Waals surface area contributed by atoms with Crippen LogP contribution in [0.15, 0.2) is 24.3 Å². The van der Waals surface area contributed by atoms with Crippen molar-refractivity contribution < 1.29 is 0 Å². The number of benzene rings is 1. The van der Waals surface area contributed by atoms with Gasteiger partial charge in [0, 0.05) is 12.6 Å². The average molecular weight is 229 g/mol. The first-order chi connectivity index (χ1) is 8.28. The van der Waals surface area contributed by atoms with Gasteiger partial charge >= 0.3 is 0 Å². The number of hydrogen-bond donors (Lipinski definition) is 1. The molecular formula is C14H19N3. The Labute approximate surface area is 103 Å². The van der Waals surface area contributed by atoms with Gasteiger partial charge in [-0.25, -0.2) is 0 Å². The second kappa shape index (κ2) is 5.81. The lowest BCUT2D eigenvalue weighted by Crippen LogP contribution is -2.37. The summed E-state index contributed by atoms with van der Waals surface area (Å²) in [5, 5.41) is 8.72. The minimum atomic E-state index is 0.195. The van der Waals surface area contributed by atoms with E-state index in [4.69, 9.17) is 11.0 Å². The minimum Gasteiger partial charge on any atom is -0.326 e. The minimum absolute atomic E-state index is 0.195. The smallest absolute Gasteiger partial charge is 0.0991 e. The molecule has 2 N–H and O–H groups in total. The van der Waals surface area contributed by atoms with Gasteiger partial charge in [-0.15, -0.1) is 0 Å². The van der Waals surface area contributed by atoms with E-state index in [-0.39, 0.29) is 6.04 Å². The first-order valence-corrected chi connectivity index (χ1v) is 6.25. The number of nitrogens with zero attached hydrogens (tertiary/aromatic N) is 2. The number of likely N-dealkylation sites (tertiary alicyclic amines) is 1. The van der Waals surface area contributed by atoms with Gasteiger partial charge in [0.15, 0.2) is 0 Å². The summed E-state index contributed by atoms with van der Waals surface area (Å²) in [5.41, 5.74) is 8.08. The average Bonchev–Trinajstić information content (AvgIpc) is 2.82. The van der Waals surface area contributed by atoms with Gasteiger partial charge < -0.3 is 10.6 Å². The summed E-state index contributed by atoms with van der Waals surface area (Å²) in [7, 11) is 0. The fourth-order valence-electron chi connectivity index (χ4n) is 2.38. The van der Waals surface area contributed by atoms with Crippen LogP contribution in [-0.4, -0.2) is 30.6 Å². The third-order valence-corrected chi connectivity index (χ3v) is 3.27. The first-order valence-electron chi connectivity index (χ1n) is 6.25. The van der Waals surface area contributed by atoms with Crippen molar-refractivity contribution in [1.82, 2.24) is 4.90 Å². The summed E-state index contributed by atoms with van der Waals surface area (Å²) in [6.07, 6.45) is 3.51. The van der Waals surface area contributed by atoms with Crippen LogP contribution in [0.4, 0.5) is 0 Å². The van der Waals surface area contributed by atoms with E-state index < -0.39 is 0 Å². The van der Waals surface area contributed by atoms with Crippen LogP contribution in [-0.2, 0) is 6.42 Å². The maximum Gasteiger partial charge on any atom is 0.0991 e. The molecule has 1 aliphatic rings. The SMILES string of the molecule is N#Cc1ccc(CC(N)CN2CCCC2)cc1. The zero-order chi connectivity index (χ0) is 12.1. The quantitative estimate of drug-likeness (QED) is 0.851. The Morgan fingerprint density at radius 3 is 2.47 bits per heavy atom. The van der Waals surface area contributed by atoms with E-state index in [1.165, 1.54) is 31.5 Å². The molecule has 1 aromatic rings. The summed E-state index contributed by atoms with van der Waals surface area (Å²) >= 11 is 0. The fraction of sp³-hybridized carbons (Fsp3) is 0.500. The second-order valence-electron chi connectivity index (χ2n) is 4.78. The fourth-order valence-corrected chi connectivity index (χ4v) is 2.38. The van der Waals surface area contributed by atoms with E-state index in [2.05, 4.69) is 11.0 Å². The van der Waals surface area contributed by atoms with Crippen LogP contribution >= 0.6 is 0 Å². The first kappa shape index (κ1) is 12.1. The zero-order valence-electron chi connectivity index (χ0n) is 10.1. The molecule has 0 bridgehead atoms. The van der Waals surface area contributed by atoms with Gasteiger partial charge in [-0.2, -0.15) is 5.26 Å². The highest BCUT2D eigenvalue weighted by Gasteiger charge is 2.14. The van der Waals surface area contributed by atoms with E-state index >= 15 is 0 Å². The van der Waals surface area contributed by atoms with Crippen molar-refractivity contribution in [3.63, 3.8) is 0 Å². The normalized spacial score (nSPS) is 17.9. The van der Waals surface area contributed by atoms with E-state index in [0.717, 1.165) is 13.0 Å². The van der Waals surface area contributed by atoms with Crippen molar-refractivity contribution in [2.24, 2.45) is 5.73 Å². The molecule has 1 aromatic carbocycles. The van der Waals surface area contributed by atoms with Gasteiger partial charge in [0.2, 0.25) is 0 Å². The Morgan fingerprint density at radius 1 is 1.24 bits per heavy atom. The van der Waals surface area contributed by atoms with Gasteiger partial charge in [-0.1, -0.05) is 12.1 Å². The molecule has 0 aliphatic carbocycles. The zero-order valence-corrected chi connectivity index (χ0v) is 10.1. The molecule has 0 aromatic heterocycles. The monoisotopic (exact) mass is 229 g/mol. The standard InChI is InChI=1S/C14H19N3/c15-10-13-5-3-12(4-6-13)9-14(16)11-17-7-1-2-8-17/h3-6,14H,1-2,7-9,11,16H2. The molecule has 1 aliphatic heterocycles. The molecule has 1 heterocycles. The Bertz CT molecular complexity index is 385. The summed E-state index contributed by atoms with van der Waals surface area (Å²) in [4.78, 5) is 2.44. The second-order valence-corrected chi connectivity index (χ2v) is 4.78. The summed E-state index contributed by atoms with van der Waals surface area (Å²) < 4.78 is 0. The lowest BCUT2D eigenvalue weighted by Gasteiger charge is -2.20. The van der Waals surface area contributed by atoms with Crippen LogP contribution in [0.3, 0.4) is 0 Å². The van der Waals surface area contributed by atoms with Gasteiger partial charge in [-0.05, 0) is 50.0 Å². The highest BCUT2D eigenvalue weighted by atomic mass is 15.1. The van der Waals surface area contributed by atoms with Crippen LogP contribution < -0.4 is 5.73 Å². The van der Waals surface area contributed by atoms with Crippen molar-refractivity contribution in [1.29, 1.82) is 5.26 Å². The van der Waals surface area contributed by atoms with Crippen molar-refractivity contribution in [3.8, 4) is 6.07 Å². The van der Waals surface area contributed by atoms with E-state index in [1.807, 2.05) is 24.3 Å². The Morgan fingerprint density at radius 2 is 1.88 bits per heavy atom. The molecule has 3 heteroatoms. The van der Waals surface area contributed by atoms with Crippen molar-refractivity contribution in [2.75, 3.05) is 19.6 Å². The van der Waals surface area contributed by atoms with Crippen LogP contribution in [0, 0.1) is 11.3 Å². The molecule has 1 saturated heterocycles. The van der Waals surface area contributed by atoms with Crippen molar-refractivity contribution in [2.45, 2.75) is 25.3 Å². The molecule has 2 rings (SSSR count). The Kier molecular flexibility index (Phi) is 4.13. The number of rotatable bonds is 4. The van der Waals surface area contributed by atoms with Gasteiger partial charge in [0.1, 0.15) is 0 Å². The maximum atomic E-state index is 8.72. The van der Waals surface area contributed by atoms with E-state index in [9.17, 15) is 0 Å². The molecule has 1 fully saturated rings. The molecule has 3 nitrogen and oxygen atoms in total. The number of nitriles is 1. The van der Waals surface area contributed by atoms with Crippen molar-refractivity contribution >= 4 is 0 Å². The summed E-state index contributed by atoms with van der Waals surface area (Å²) in [5.74, 6) is 0. The molecule has 17 heavy (non-hydrogen) atoms. The van der Waals surface area contributed by atoms with Gasteiger partial charge in [-0.3, -0.25) is 0 Å².